The van der Waals surface area contributed by atoms with Gasteiger partial charge in [-0.15, -0.1) is 0 Å². The molecule has 3 heterocycles. The Labute approximate surface area is 217 Å². The number of anilines is 2. The van der Waals surface area contributed by atoms with Crippen molar-refractivity contribution in [2.24, 2.45) is 5.92 Å². The summed E-state index contributed by atoms with van der Waals surface area (Å²) in [5.41, 5.74) is 4.69. The van der Waals surface area contributed by atoms with Gasteiger partial charge in [0, 0.05) is 36.7 Å². The zero-order chi connectivity index (χ0) is 25.5. The van der Waals surface area contributed by atoms with Gasteiger partial charge in [-0.1, -0.05) is 29.8 Å². The van der Waals surface area contributed by atoms with Gasteiger partial charge in [0.15, 0.2) is 0 Å². The van der Waals surface area contributed by atoms with Crippen LogP contribution in [0, 0.1) is 12.8 Å². The molecule has 192 valence electrons. The Hall–Kier alpha value is -3.75. The molecule has 0 radical (unpaired) electrons. The lowest BCUT2D eigenvalue weighted by molar-refractivity contribution is 0.126. The number of piperidine rings is 1. The number of benzene rings is 2. The molecule has 8 nitrogen and oxygen atoms in total. The second-order valence-corrected chi connectivity index (χ2v) is 9.60. The van der Waals surface area contributed by atoms with Crippen LogP contribution in [0.4, 0.5) is 11.6 Å². The fourth-order valence-electron chi connectivity index (χ4n) is 4.62. The Balaban J connectivity index is 1.16. The summed E-state index contributed by atoms with van der Waals surface area (Å²) in [5.74, 6) is 2.61. The van der Waals surface area contributed by atoms with Crippen molar-refractivity contribution in [2.45, 2.75) is 26.2 Å². The number of hydrogen-bond donors (Lipinski definition) is 3. The van der Waals surface area contributed by atoms with Crippen LogP contribution in [-0.2, 0) is 0 Å². The molecule has 2 aromatic heterocycles. The Kier molecular flexibility index (Phi) is 8.08. The van der Waals surface area contributed by atoms with Crippen molar-refractivity contribution in [3.8, 4) is 28.5 Å². The molecule has 1 aliphatic rings. The van der Waals surface area contributed by atoms with E-state index in [4.69, 9.17) is 4.74 Å². The van der Waals surface area contributed by atoms with Crippen LogP contribution in [0.5, 0.6) is 5.75 Å². The molecule has 4 aromatic rings. The molecule has 0 bridgehead atoms. The lowest BCUT2D eigenvalue weighted by Gasteiger charge is -2.30. The summed E-state index contributed by atoms with van der Waals surface area (Å²) in [5, 5.41) is 12.6. The van der Waals surface area contributed by atoms with Crippen molar-refractivity contribution >= 4 is 11.6 Å². The third kappa shape index (κ3) is 6.72. The maximum atomic E-state index is 9.29. The number of nitrogens with zero attached hydrogens (tertiary/aromatic N) is 4. The van der Waals surface area contributed by atoms with E-state index in [-0.39, 0.29) is 0 Å². The molecule has 0 unspecified atom stereocenters. The van der Waals surface area contributed by atoms with Crippen molar-refractivity contribution in [3.63, 3.8) is 0 Å². The molecule has 2 aromatic carbocycles. The van der Waals surface area contributed by atoms with E-state index in [2.05, 4.69) is 49.2 Å². The van der Waals surface area contributed by atoms with Gasteiger partial charge in [0.05, 0.1) is 24.2 Å². The van der Waals surface area contributed by atoms with Gasteiger partial charge in [0.25, 0.3) is 0 Å². The molecule has 0 aliphatic carbocycles. The van der Waals surface area contributed by atoms with E-state index in [1.807, 2.05) is 42.5 Å². The number of nitrogens with one attached hydrogen (secondary N) is 2. The topological polar surface area (TPSA) is 99.2 Å². The molecule has 1 fully saturated rings. The molecule has 0 spiro atoms. The number of aliphatic hydroxyl groups is 1. The van der Waals surface area contributed by atoms with E-state index in [1.165, 1.54) is 5.56 Å². The van der Waals surface area contributed by atoms with Crippen LogP contribution in [0.15, 0.2) is 67.0 Å². The monoisotopic (exact) mass is 498 g/mol. The number of H-pyrrole nitrogens is 1. The first-order valence-electron chi connectivity index (χ1n) is 12.9. The number of likely N-dealkylation sites (tertiary alicyclic amines) is 1. The summed E-state index contributed by atoms with van der Waals surface area (Å²) in [6.45, 7) is 6.20. The minimum absolute atomic E-state index is 0.314. The zero-order valence-corrected chi connectivity index (χ0v) is 21.2. The molecule has 1 aliphatic heterocycles. The summed E-state index contributed by atoms with van der Waals surface area (Å²) in [4.78, 5) is 19.4. The first-order valence-corrected chi connectivity index (χ1v) is 12.9. The number of aromatic nitrogens is 4. The summed E-state index contributed by atoms with van der Waals surface area (Å²) in [7, 11) is 0. The number of imidazole rings is 1. The van der Waals surface area contributed by atoms with Gasteiger partial charge < -0.3 is 25.0 Å². The van der Waals surface area contributed by atoms with Crippen LogP contribution < -0.4 is 10.1 Å². The molecule has 3 N–H and O–H groups in total. The molecule has 1 saturated heterocycles. The Morgan fingerprint density at radius 3 is 2.78 bits per heavy atom. The largest absolute Gasteiger partial charge is 0.493 e. The van der Waals surface area contributed by atoms with Gasteiger partial charge in [0.1, 0.15) is 11.6 Å². The molecular weight excluding hydrogens is 464 g/mol. The molecule has 5 rings (SSSR count). The highest BCUT2D eigenvalue weighted by Crippen LogP contribution is 2.24. The van der Waals surface area contributed by atoms with E-state index >= 15 is 0 Å². The summed E-state index contributed by atoms with van der Waals surface area (Å²) >= 11 is 0. The third-order valence-electron chi connectivity index (χ3n) is 6.74. The van der Waals surface area contributed by atoms with Gasteiger partial charge in [-0.25, -0.2) is 15.0 Å². The second kappa shape index (κ2) is 12.0. The van der Waals surface area contributed by atoms with Crippen LogP contribution in [0.3, 0.4) is 0 Å². The van der Waals surface area contributed by atoms with Gasteiger partial charge in [0.2, 0.25) is 5.95 Å². The maximum absolute atomic E-state index is 9.29. The molecule has 37 heavy (non-hydrogen) atoms. The van der Waals surface area contributed by atoms with E-state index < -0.39 is 0 Å². The summed E-state index contributed by atoms with van der Waals surface area (Å²) < 4.78 is 6.00. The minimum atomic E-state index is 0.314. The molecular formula is C29H34N6O2. The predicted octanol–water partition coefficient (Wildman–Crippen LogP) is 5.06. The van der Waals surface area contributed by atoms with Crippen LogP contribution in [0.1, 0.15) is 24.8 Å². The highest BCUT2D eigenvalue weighted by atomic mass is 16.5. The van der Waals surface area contributed by atoms with E-state index in [1.54, 1.807) is 12.4 Å². The van der Waals surface area contributed by atoms with Crippen LogP contribution in [0.25, 0.3) is 22.8 Å². The van der Waals surface area contributed by atoms with E-state index in [9.17, 15) is 5.11 Å². The Morgan fingerprint density at radius 1 is 1.08 bits per heavy atom. The normalized spacial score (nSPS) is 14.5. The van der Waals surface area contributed by atoms with E-state index in [0.717, 1.165) is 73.1 Å². The summed E-state index contributed by atoms with van der Waals surface area (Å²) in [6, 6.07) is 18.0. The van der Waals surface area contributed by atoms with Crippen molar-refractivity contribution in [3.05, 3.63) is 72.6 Å². The number of aromatic amines is 1. The van der Waals surface area contributed by atoms with Crippen molar-refractivity contribution < 1.29 is 9.84 Å². The quantitative estimate of drug-likeness (QED) is 0.263. The molecule has 8 heteroatoms. The second-order valence-electron chi connectivity index (χ2n) is 9.60. The number of aliphatic hydroxyl groups excluding tert-OH is 1. The lowest BCUT2D eigenvalue weighted by Crippen LogP contribution is -2.35. The lowest BCUT2D eigenvalue weighted by atomic mass is 9.98. The van der Waals surface area contributed by atoms with Crippen LogP contribution in [-0.4, -0.2) is 62.8 Å². The van der Waals surface area contributed by atoms with Gasteiger partial charge >= 0.3 is 0 Å². The molecule has 0 saturated carbocycles. The van der Waals surface area contributed by atoms with Crippen molar-refractivity contribution in [2.75, 3.05) is 38.2 Å². The average Bonchev–Trinajstić information content (AvgIpc) is 3.43. The van der Waals surface area contributed by atoms with Gasteiger partial charge in [-0.3, -0.25) is 0 Å². The highest BCUT2D eigenvalue weighted by Gasteiger charge is 2.17. The Morgan fingerprint density at radius 2 is 1.95 bits per heavy atom. The van der Waals surface area contributed by atoms with Crippen LogP contribution >= 0.6 is 0 Å². The van der Waals surface area contributed by atoms with Crippen molar-refractivity contribution in [1.29, 1.82) is 0 Å². The fraction of sp³-hybridized carbons (Fsp3) is 0.345. The standard InChI is InChI=1S/C29H34N6O2/c1-21-5-2-6-23(17-21)28-31-19-27(33-28)26-9-12-30-29(34-26)32-24-7-3-8-25(18-24)37-16-4-13-35-14-10-22(20-36)11-15-35/h2-3,5-9,12,17-19,22,36H,4,10-11,13-16,20H2,1H3,(H,31,33)(H,30,32,34). The first-order chi connectivity index (χ1) is 18.2. The van der Waals surface area contributed by atoms with Gasteiger partial charge in [-0.2, -0.15) is 0 Å². The number of ether oxygens (including phenoxy) is 1. The van der Waals surface area contributed by atoms with Crippen LogP contribution in [0.2, 0.25) is 0 Å². The van der Waals surface area contributed by atoms with Gasteiger partial charge in [-0.05, 0) is 69.5 Å². The summed E-state index contributed by atoms with van der Waals surface area (Å²) in [6.07, 6.45) is 6.68. The number of aryl methyl sites for hydroxylation is 1. The first kappa shape index (κ1) is 24.9. The smallest absolute Gasteiger partial charge is 0.227 e. The third-order valence-corrected chi connectivity index (χ3v) is 6.74. The highest BCUT2D eigenvalue weighted by molar-refractivity contribution is 5.64. The zero-order valence-electron chi connectivity index (χ0n) is 21.2. The predicted molar refractivity (Wildman–Crippen MR) is 146 cm³/mol. The van der Waals surface area contributed by atoms with E-state index in [0.29, 0.717) is 25.1 Å². The molecule has 0 atom stereocenters. The minimum Gasteiger partial charge on any atom is -0.493 e. The Bertz CT molecular complexity index is 1300. The fourth-order valence-corrected chi connectivity index (χ4v) is 4.62. The molecule has 0 amide bonds. The van der Waals surface area contributed by atoms with Crippen molar-refractivity contribution in [1.82, 2.24) is 24.8 Å². The SMILES string of the molecule is Cc1cccc(-c2ncc(-c3ccnc(Nc4cccc(OCCCN5CCC(CO)CC5)c4)n3)[nH]2)c1. The number of rotatable bonds is 10. The number of hydrogen-bond acceptors (Lipinski definition) is 7. The maximum Gasteiger partial charge on any atom is 0.227 e. The average molecular weight is 499 g/mol.